The van der Waals surface area contributed by atoms with Gasteiger partial charge >= 0.3 is 0 Å². The van der Waals surface area contributed by atoms with Crippen LogP contribution in [0.2, 0.25) is 0 Å². The highest BCUT2D eigenvalue weighted by Gasteiger charge is 2.13. The lowest BCUT2D eigenvalue weighted by Crippen LogP contribution is -2.25. The number of halogens is 2. The Balaban J connectivity index is 0.00000169. The van der Waals surface area contributed by atoms with Crippen LogP contribution in [0, 0.1) is 0 Å². The molecule has 0 bridgehead atoms. The van der Waals surface area contributed by atoms with E-state index >= 15 is 0 Å². The Labute approximate surface area is 99.0 Å². The first-order chi connectivity index (χ1) is 6.15. The second kappa shape index (κ2) is 6.40. The number of aliphatic hydroxyl groups is 1. The smallest absolute Gasteiger partial charge is 0.0730 e. The number of hydrogen-bond acceptors (Lipinski definition) is 2. The molecule has 0 unspecified atom stereocenters. The third kappa shape index (κ3) is 3.58. The van der Waals surface area contributed by atoms with Gasteiger partial charge in [-0.1, -0.05) is 35.0 Å². The number of hydrogen-bond donors (Lipinski definition) is 2. The van der Waals surface area contributed by atoms with Crippen molar-refractivity contribution in [1.82, 2.24) is 0 Å². The number of benzene rings is 1. The quantitative estimate of drug-likeness (QED) is 0.894. The molecule has 0 aliphatic rings. The fraction of sp³-hybridized carbons (Fsp3) is 0.400. The standard InChI is InChI=1S/C10H14BrNO.ClH/c1-2-9(13)10(12)7-3-5-8(11)6-4-7;/h3-6,9-10,13H,2,12H2,1H3;1H/t9-,10+;/m0./s1. The fourth-order valence-electron chi connectivity index (χ4n) is 1.16. The molecule has 1 rings (SSSR count). The summed E-state index contributed by atoms with van der Waals surface area (Å²) in [6.07, 6.45) is 0.221. The van der Waals surface area contributed by atoms with Crippen molar-refractivity contribution in [2.45, 2.75) is 25.5 Å². The van der Waals surface area contributed by atoms with Crippen molar-refractivity contribution in [3.05, 3.63) is 34.3 Å². The van der Waals surface area contributed by atoms with E-state index < -0.39 is 6.10 Å². The predicted octanol–water partition coefficient (Wildman–Crippen LogP) is 2.64. The molecule has 0 aromatic heterocycles. The molecule has 2 nitrogen and oxygen atoms in total. The molecule has 0 saturated carbocycles. The third-order valence-corrected chi connectivity index (χ3v) is 2.62. The van der Waals surface area contributed by atoms with Gasteiger partial charge in [0.15, 0.2) is 0 Å². The van der Waals surface area contributed by atoms with E-state index in [4.69, 9.17) is 5.73 Å². The summed E-state index contributed by atoms with van der Waals surface area (Å²) < 4.78 is 1.02. The summed E-state index contributed by atoms with van der Waals surface area (Å²) in [6, 6.07) is 7.43. The van der Waals surface area contributed by atoms with Gasteiger partial charge in [-0.3, -0.25) is 0 Å². The molecule has 0 spiro atoms. The monoisotopic (exact) mass is 279 g/mol. The van der Waals surface area contributed by atoms with Crippen LogP contribution in [0.1, 0.15) is 24.9 Å². The molecule has 1 aromatic rings. The molecule has 0 aliphatic heterocycles. The summed E-state index contributed by atoms with van der Waals surface area (Å²) in [5, 5.41) is 9.51. The van der Waals surface area contributed by atoms with Gasteiger partial charge in [0.05, 0.1) is 12.1 Å². The second-order valence-corrected chi connectivity index (χ2v) is 3.97. The minimum atomic E-state index is -0.457. The molecular weight excluding hydrogens is 265 g/mol. The van der Waals surface area contributed by atoms with Crippen molar-refractivity contribution in [2.24, 2.45) is 5.73 Å². The first-order valence-electron chi connectivity index (χ1n) is 4.34. The number of nitrogens with two attached hydrogens (primary N) is 1. The Kier molecular flexibility index (Phi) is 6.36. The number of rotatable bonds is 3. The first kappa shape index (κ1) is 13.9. The maximum absolute atomic E-state index is 9.51. The third-order valence-electron chi connectivity index (χ3n) is 2.09. The molecule has 14 heavy (non-hydrogen) atoms. The molecule has 0 radical (unpaired) electrons. The Morgan fingerprint density at radius 2 is 1.86 bits per heavy atom. The average Bonchev–Trinajstić information content (AvgIpc) is 2.17. The van der Waals surface area contributed by atoms with E-state index in [0.29, 0.717) is 6.42 Å². The maximum Gasteiger partial charge on any atom is 0.0730 e. The highest BCUT2D eigenvalue weighted by atomic mass is 79.9. The summed E-state index contributed by atoms with van der Waals surface area (Å²) in [6.45, 7) is 1.92. The molecule has 0 fully saturated rings. The molecule has 0 saturated heterocycles. The summed E-state index contributed by atoms with van der Waals surface area (Å²) in [4.78, 5) is 0. The summed E-state index contributed by atoms with van der Waals surface area (Å²) in [7, 11) is 0. The molecule has 0 amide bonds. The lowest BCUT2D eigenvalue weighted by molar-refractivity contribution is 0.140. The molecule has 1 aromatic carbocycles. The minimum absolute atomic E-state index is 0. The highest BCUT2D eigenvalue weighted by molar-refractivity contribution is 9.10. The predicted molar refractivity (Wildman–Crippen MR) is 64.6 cm³/mol. The van der Waals surface area contributed by atoms with Crippen molar-refractivity contribution in [1.29, 1.82) is 0 Å². The van der Waals surface area contributed by atoms with Gasteiger partial charge in [-0.05, 0) is 24.1 Å². The van der Waals surface area contributed by atoms with Crippen LogP contribution >= 0.6 is 28.3 Å². The first-order valence-corrected chi connectivity index (χ1v) is 5.13. The van der Waals surface area contributed by atoms with Crippen molar-refractivity contribution in [2.75, 3.05) is 0 Å². The van der Waals surface area contributed by atoms with E-state index in [1.54, 1.807) is 0 Å². The zero-order valence-corrected chi connectivity index (χ0v) is 10.4. The van der Waals surface area contributed by atoms with Crippen molar-refractivity contribution >= 4 is 28.3 Å². The largest absolute Gasteiger partial charge is 0.391 e. The van der Waals surface area contributed by atoms with Gasteiger partial charge in [0.1, 0.15) is 0 Å². The van der Waals surface area contributed by atoms with Crippen LogP contribution in [-0.2, 0) is 0 Å². The molecule has 80 valence electrons. The van der Waals surface area contributed by atoms with Crippen LogP contribution in [0.15, 0.2) is 28.7 Å². The van der Waals surface area contributed by atoms with E-state index in [-0.39, 0.29) is 18.4 Å². The second-order valence-electron chi connectivity index (χ2n) is 3.05. The topological polar surface area (TPSA) is 46.2 Å². The van der Waals surface area contributed by atoms with Gasteiger partial charge in [0.2, 0.25) is 0 Å². The highest BCUT2D eigenvalue weighted by Crippen LogP contribution is 2.18. The van der Waals surface area contributed by atoms with Crippen LogP contribution in [0.4, 0.5) is 0 Å². The Morgan fingerprint density at radius 3 is 2.29 bits per heavy atom. The van der Waals surface area contributed by atoms with Crippen LogP contribution < -0.4 is 5.73 Å². The van der Waals surface area contributed by atoms with Gasteiger partial charge in [-0.15, -0.1) is 12.4 Å². The van der Waals surface area contributed by atoms with Gasteiger partial charge < -0.3 is 10.8 Å². The maximum atomic E-state index is 9.51. The van der Waals surface area contributed by atoms with Gasteiger partial charge in [-0.25, -0.2) is 0 Å². The SMILES string of the molecule is CC[C@H](O)[C@H](N)c1ccc(Br)cc1.Cl. The van der Waals surface area contributed by atoms with Crippen molar-refractivity contribution in [3.8, 4) is 0 Å². The van der Waals surface area contributed by atoms with Crippen LogP contribution in [0.3, 0.4) is 0 Å². The molecular formula is C10H15BrClNO. The van der Waals surface area contributed by atoms with Crippen molar-refractivity contribution in [3.63, 3.8) is 0 Å². The fourth-order valence-corrected chi connectivity index (χ4v) is 1.43. The van der Waals surface area contributed by atoms with Gasteiger partial charge in [-0.2, -0.15) is 0 Å². The van der Waals surface area contributed by atoms with E-state index in [2.05, 4.69) is 15.9 Å². The van der Waals surface area contributed by atoms with Crippen LogP contribution in [0.5, 0.6) is 0 Å². The Hall–Kier alpha value is -0.0900. The van der Waals surface area contributed by atoms with E-state index in [1.165, 1.54) is 0 Å². The van der Waals surface area contributed by atoms with E-state index in [9.17, 15) is 5.11 Å². The zero-order valence-electron chi connectivity index (χ0n) is 7.98. The lowest BCUT2D eigenvalue weighted by atomic mass is 10.0. The van der Waals surface area contributed by atoms with Gasteiger partial charge in [0.25, 0.3) is 0 Å². The molecule has 0 heterocycles. The molecule has 4 heteroatoms. The molecule has 2 atom stereocenters. The van der Waals surface area contributed by atoms with Crippen molar-refractivity contribution < 1.29 is 5.11 Å². The molecule has 3 N–H and O–H groups in total. The summed E-state index contributed by atoms with van der Waals surface area (Å²) in [5.74, 6) is 0. The number of aliphatic hydroxyl groups excluding tert-OH is 1. The lowest BCUT2D eigenvalue weighted by Gasteiger charge is -2.17. The van der Waals surface area contributed by atoms with Crippen LogP contribution in [-0.4, -0.2) is 11.2 Å². The van der Waals surface area contributed by atoms with E-state index in [0.717, 1.165) is 10.0 Å². The Morgan fingerprint density at radius 1 is 1.36 bits per heavy atom. The van der Waals surface area contributed by atoms with Gasteiger partial charge in [0, 0.05) is 4.47 Å². The molecule has 0 aliphatic carbocycles. The Bertz CT molecular complexity index is 265. The zero-order chi connectivity index (χ0) is 9.84. The summed E-state index contributed by atoms with van der Waals surface area (Å²) in [5.41, 5.74) is 6.80. The van der Waals surface area contributed by atoms with Crippen LogP contribution in [0.25, 0.3) is 0 Å². The average molecular weight is 281 g/mol. The van der Waals surface area contributed by atoms with E-state index in [1.807, 2.05) is 31.2 Å². The summed E-state index contributed by atoms with van der Waals surface area (Å²) >= 11 is 3.35. The normalized spacial score (nSPS) is 14.3. The minimum Gasteiger partial charge on any atom is -0.391 e.